The molecule has 0 bridgehead atoms. The van der Waals surface area contributed by atoms with Gasteiger partial charge in [0, 0.05) is 32.7 Å². The molecule has 0 saturated carbocycles. The van der Waals surface area contributed by atoms with Crippen molar-refractivity contribution in [3.05, 3.63) is 65.7 Å². The first-order valence-corrected chi connectivity index (χ1v) is 12.0. The lowest BCUT2D eigenvalue weighted by Crippen LogP contribution is -2.46. The topological polar surface area (TPSA) is 88.3 Å². The average Bonchev–Trinajstić information content (AvgIpc) is 3.15. The first-order valence-electron chi connectivity index (χ1n) is 12.0. The molecule has 2 aromatic carbocycles. The lowest BCUT2D eigenvalue weighted by atomic mass is 9.99. The molecule has 0 aromatic heterocycles. The number of nitrogens with two attached hydrogens (primary N) is 1. The Morgan fingerprint density at radius 3 is 2.43 bits per heavy atom. The number of nitrogens with zero attached hydrogens (tertiary/aromatic N) is 3. The van der Waals surface area contributed by atoms with Crippen LogP contribution in [-0.4, -0.2) is 75.1 Å². The molecular formula is C27H34N4O4. The Labute approximate surface area is 206 Å². The zero-order valence-electron chi connectivity index (χ0n) is 20.5. The van der Waals surface area contributed by atoms with Crippen LogP contribution in [0.5, 0.6) is 11.5 Å². The Morgan fingerprint density at radius 1 is 1.03 bits per heavy atom. The molecule has 1 saturated heterocycles. The van der Waals surface area contributed by atoms with E-state index in [1.807, 2.05) is 30.3 Å². The fourth-order valence-corrected chi connectivity index (χ4v) is 5.00. The quantitative estimate of drug-likeness (QED) is 0.415. The van der Waals surface area contributed by atoms with Crippen molar-refractivity contribution in [2.45, 2.75) is 18.9 Å². The summed E-state index contributed by atoms with van der Waals surface area (Å²) in [7, 11) is 3.14. The van der Waals surface area contributed by atoms with Gasteiger partial charge in [-0.3, -0.25) is 19.4 Å². The molecule has 1 atom stereocenters. The van der Waals surface area contributed by atoms with Crippen molar-refractivity contribution in [3.8, 4) is 11.5 Å². The highest BCUT2D eigenvalue weighted by atomic mass is 16.5. The highest BCUT2D eigenvalue weighted by Crippen LogP contribution is 2.40. The van der Waals surface area contributed by atoms with Crippen LogP contribution in [0.25, 0.3) is 0 Å². The van der Waals surface area contributed by atoms with E-state index >= 15 is 0 Å². The van der Waals surface area contributed by atoms with Crippen LogP contribution in [-0.2, 0) is 0 Å². The third-order valence-electron chi connectivity index (χ3n) is 6.81. The summed E-state index contributed by atoms with van der Waals surface area (Å²) in [5.74, 6) is 0.617. The summed E-state index contributed by atoms with van der Waals surface area (Å²) in [5, 5.41) is 0. The Morgan fingerprint density at radius 2 is 1.77 bits per heavy atom. The number of carbonyl (C=O) groups excluding carboxylic acids is 2. The number of amides is 2. The van der Waals surface area contributed by atoms with Crippen LogP contribution in [0.2, 0.25) is 0 Å². The Hall–Kier alpha value is -3.36. The van der Waals surface area contributed by atoms with E-state index in [2.05, 4.69) is 16.4 Å². The summed E-state index contributed by atoms with van der Waals surface area (Å²) in [6.07, 6.45) is 3.14. The molecular weight excluding hydrogens is 444 g/mol. The van der Waals surface area contributed by atoms with Gasteiger partial charge in [-0.05, 0) is 49.2 Å². The van der Waals surface area contributed by atoms with Gasteiger partial charge in [0.25, 0.3) is 11.8 Å². The van der Waals surface area contributed by atoms with Gasteiger partial charge < -0.3 is 20.1 Å². The number of benzene rings is 2. The maximum Gasteiger partial charge on any atom is 0.264 e. The lowest BCUT2D eigenvalue weighted by Gasteiger charge is -2.36. The fraction of sp³-hybridized carbons (Fsp3) is 0.407. The standard InChI is InChI=1S/C27H34N4O4/c1-4-13-29-14-16-30(17-15-29)22-8-5-7-20-25(22)27(33)31(26(20)32)21(9-6-12-28)19-10-11-23(34-2)24(18-19)35-3/h4-5,7-8,10-11,18,21H,1,6,9,12-17,28H2,2-3H3. The Bertz CT molecular complexity index is 1090. The molecule has 2 amide bonds. The molecule has 2 aliphatic heterocycles. The summed E-state index contributed by atoms with van der Waals surface area (Å²) in [4.78, 5) is 33.4. The first-order chi connectivity index (χ1) is 17.0. The summed E-state index contributed by atoms with van der Waals surface area (Å²) < 4.78 is 10.8. The minimum atomic E-state index is -0.456. The highest BCUT2D eigenvalue weighted by molar-refractivity contribution is 6.24. The molecule has 1 fully saturated rings. The van der Waals surface area contributed by atoms with E-state index < -0.39 is 6.04 Å². The van der Waals surface area contributed by atoms with Crippen molar-refractivity contribution in [3.63, 3.8) is 0 Å². The van der Waals surface area contributed by atoms with Crippen molar-refractivity contribution in [1.29, 1.82) is 0 Å². The van der Waals surface area contributed by atoms with E-state index in [9.17, 15) is 9.59 Å². The van der Waals surface area contributed by atoms with Gasteiger partial charge >= 0.3 is 0 Å². The second kappa shape index (κ2) is 10.9. The number of fused-ring (bicyclic) bond motifs is 1. The van der Waals surface area contributed by atoms with E-state index in [1.54, 1.807) is 26.4 Å². The molecule has 4 rings (SSSR count). The van der Waals surface area contributed by atoms with Crippen LogP contribution in [0.15, 0.2) is 49.1 Å². The van der Waals surface area contributed by atoms with Gasteiger partial charge in [0.2, 0.25) is 0 Å². The number of hydrogen-bond acceptors (Lipinski definition) is 7. The summed E-state index contributed by atoms with van der Waals surface area (Å²) >= 11 is 0. The van der Waals surface area contributed by atoms with Crippen LogP contribution >= 0.6 is 0 Å². The average molecular weight is 479 g/mol. The minimum Gasteiger partial charge on any atom is -0.493 e. The normalized spacial score (nSPS) is 16.9. The minimum absolute atomic E-state index is 0.258. The van der Waals surface area contributed by atoms with Crippen molar-refractivity contribution >= 4 is 17.5 Å². The van der Waals surface area contributed by atoms with Gasteiger partial charge in [-0.25, -0.2) is 0 Å². The second-order valence-electron chi connectivity index (χ2n) is 8.82. The predicted molar refractivity (Wildman–Crippen MR) is 136 cm³/mol. The molecule has 186 valence electrons. The van der Waals surface area contributed by atoms with E-state index in [-0.39, 0.29) is 11.8 Å². The molecule has 2 aromatic rings. The predicted octanol–water partition coefficient (Wildman–Crippen LogP) is 3.09. The monoisotopic (exact) mass is 478 g/mol. The summed E-state index contributed by atoms with van der Waals surface area (Å²) in [5.41, 5.74) is 8.40. The Kier molecular flexibility index (Phi) is 7.73. The second-order valence-corrected chi connectivity index (χ2v) is 8.82. The van der Waals surface area contributed by atoms with Crippen molar-refractivity contribution in [2.75, 3.05) is 58.4 Å². The van der Waals surface area contributed by atoms with E-state index in [0.29, 0.717) is 42.0 Å². The third-order valence-corrected chi connectivity index (χ3v) is 6.81. The SMILES string of the molecule is C=CCN1CCN(c2cccc3c2C(=O)N(C(CCCN)c2ccc(OC)c(OC)c2)C3=O)CC1. The van der Waals surface area contributed by atoms with Crippen molar-refractivity contribution < 1.29 is 19.1 Å². The molecule has 8 nitrogen and oxygen atoms in total. The van der Waals surface area contributed by atoms with Crippen LogP contribution in [0, 0.1) is 0 Å². The number of anilines is 1. The zero-order chi connectivity index (χ0) is 24.9. The molecule has 0 radical (unpaired) electrons. The van der Waals surface area contributed by atoms with E-state index in [4.69, 9.17) is 15.2 Å². The van der Waals surface area contributed by atoms with Gasteiger partial charge in [0.15, 0.2) is 11.5 Å². The zero-order valence-corrected chi connectivity index (χ0v) is 20.5. The van der Waals surface area contributed by atoms with Gasteiger partial charge in [0.05, 0.1) is 37.1 Å². The lowest BCUT2D eigenvalue weighted by molar-refractivity contribution is 0.0572. The van der Waals surface area contributed by atoms with E-state index in [1.165, 1.54) is 4.90 Å². The van der Waals surface area contributed by atoms with Crippen LogP contribution in [0.3, 0.4) is 0 Å². The van der Waals surface area contributed by atoms with Crippen LogP contribution < -0.4 is 20.1 Å². The maximum atomic E-state index is 13.9. The molecule has 8 heteroatoms. The molecule has 2 aliphatic rings. The fourth-order valence-electron chi connectivity index (χ4n) is 5.00. The number of ether oxygens (including phenoxy) is 2. The van der Waals surface area contributed by atoms with Gasteiger partial charge in [-0.1, -0.05) is 18.2 Å². The molecule has 0 spiro atoms. The smallest absolute Gasteiger partial charge is 0.264 e. The molecule has 2 N–H and O–H groups in total. The number of hydrogen-bond donors (Lipinski definition) is 1. The molecule has 2 heterocycles. The largest absolute Gasteiger partial charge is 0.493 e. The molecule has 1 unspecified atom stereocenters. The number of methoxy groups -OCH3 is 2. The van der Waals surface area contributed by atoms with Gasteiger partial charge in [0.1, 0.15) is 0 Å². The van der Waals surface area contributed by atoms with Crippen molar-refractivity contribution in [2.24, 2.45) is 5.73 Å². The summed E-state index contributed by atoms with van der Waals surface area (Å²) in [6, 6.07) is 10.6. The van der Waals surface area contributed by atoms with Gasteiger partial charge in [-0.2, -0.15) is 0 Å². The number of piperazine rings is 1. The Balaban J connectivity index is 1.68. The number of carbonyl (C=O) groups is 2. The van der Waals surface area contributed by atoms with Crippen LogP contribution in [0.4, 0.5) is 5.69 Å². The first kappa shape index (κ1) is 24.8. The number of rotatable bonds is 10. The van der Waals surface area contributed by atoms with Crippen molar-refractivity contribution in [1.82, 2.24) is 9.80 Å². The summed E-state index contributed by atoms with van der Waals surface area (Å²) in [6.45, 7) is 8.48. The third kappa shape index (κ3) is 4.76. The van der Waals surface area contributed by atoms with E-state index in [0.717, 1.165) is 44.0 Å². The highest BCUT2D eigenvalue weighted by Gasteiger charge is 2.42. The molecule has 0 aliphatic carbocycles. The van der Waals surface area contributed by atoms with Crippen LogP contribution in [0.1, 0.15) is 45.2 Å². The number of imide groups is 1. The van der Waals surface area contributed by atoms with Gasteiger partial charge in [-0.15, -0.1) is 6.58 Å². The molecule has 35 heavy (non-hydrogen) atoms. The maximum absolute atomic E-state index is 13.9.